The average Bonchev–Trinajstić information content (AvgIpc) is 2.64. The summed E-state index contributed by atoms with van der Waals surface area (Å²) in [7, 11) is -4.12. The van der Waals surface area contributed by atoms with Crippen LogP contribution in [-0.2, 0) is 20.6 Å². The zero-order chi connectivity index (χ0) is 11.5. The first-order chi connectivity index (χ1) is 6.90. The molecule has 0 N–H and O–H groups in total. The van der Waals surface area contributed by atoms with Crippen molar-refractivity contribution in [3.8, 4) is 0 Å². The second-order valence-electron chi connectivity index (χ2n) is 3.37. The van der Waals surface area contributed by atoms with Crippen LogP contribution in [0.1, 0.15) is 17.1 Å². The van der Waals surface area contributed by atoms with Gasteiger partial charge in [0.2, 0.25) is 0 Å². The molecule has 0 fully saturated rings. The van der Waals surface area contributed by atoms with Crippen molar-refractivity contribution in [3.05, 3.63) is 22.4 Å². The molecule has 0 spiro atoms. The van der Waals surface area contributed by atoms with Crippen LogP contribution in [0.15, 0.2) is 17.5 Å². The van der Waals surface area contributed by atoms with E-state index in [0.29, 0.717) is 0 Å². The van der Waals surface area contributed by atoms with Crippen LogP contribution in [0.3, 0.4) is 0 Å². The van der Waals surface area contributed by atoms with Crippen molar-refractivity contribution in [2.45, 2.75) is 12.2 Å². The minimum Gasteiger partial charge on any atom is -0.259 e. The van der Waals surface area contributed by atoms with Gasteiger partial charge in [-0.2, -0.15) is 0 Å². The Bertz CT molecular complexity index is 419. The van der Waals surface area contributed by atoms with Crippen molar-refractivity contribution in [1.29, 1.82) is 0 Å². The Morgan fingerprint density at radius 2 is 2.20 bits per heavy atom. The molecule has 0 aromatic carbocycles. The van der Waals surface area contributed by atoms with Crippen LogP contribution in [0.2, 0.25) is 0 Å². The highest BCUT2D eigenvalue weighted by Gasteiger charge is 2.16. The lowest BCUT2D eigenvalue weighted by molar-refractivity contribution is 0.602. The molecule has 2 atom stereocenters. The molecule has 0 radical (unpaired) electrons. The van der Waals surface area contributed by atoms with Gasteiger partial charge >= 0.3 is 0 Å². The van der Waals surface area contributed by atoms with Crippen LogP contribution in [-0.4, -0.2) is 30.4 Å². The van der Waals surface area contributed by atoms with Crippen molar-refractivity contribution < 1.29 is 12.6 Å². The van der Waals surface area contributed by atoms with Crippen LogP contribution in [0.25, 0.3) is 0 Å². The summed E-state index contributed by atoms with van der Waals surface area (Å²) in [6.07, 6.45) is 1.17. The lowest BCUT2D eigenvalue weighted by Gasteiger charge is -2.08. The molecule has 0 aliphatic rings. The topological polar surface area (TPSA) is 51.2 Å². The monoisotopic (exact) mass is 266 g/mol. The SMILES string of the molecule is C[C@H](c1cccs1)[S@@](=O)CCS(C)(=O)=O. The molecule has 1 aromatic rings. The van der Waals surface area contributed by atoms with Crippen LogP contribution in [0.5, 0.6) is 0 Å². The van der Waals surface area contributed by atoms with Gasteiger partial charge in [-0.25, -0.2) is 8.42 Å². The Labute approximate surface area is 96.9 Å². The summed E-state index contributed by atoms with van der Waals surface area (Å²) >= 11 is 1.55. The molecule has 1 aromatic heterocycles. The fourth-order valence-electron chi connectivity index (χ4n) is 1.06. The number of hydrogen-bond donors (Lipinski definition) is 0. The van der Waals surface area contributed by atoms with E-state index >= 15 is 0 Å². The normalized spacial score (nSPS) is 16.1. The number of sulfone groups is 1. The molecule has 6 heteroatoms. The minimum atomic E-state index is -3.01. The van der Waals surface area contributed by atoms with Crippen LogP contribution in [0.4, 0.5) is 0 Å². The number of hydrogen-bond acceptors (Lipinski definition) is 4. The summed E-state index contributed by atoms with van der Waals surface area (Å²) in [6.45, 7) is 1.87. The second-order valence-corrected chi connectivity index (χ2v) is 8.49. The van der Waals surface area contributed by atoms with Crippen molar-refractivity contribution in [1.82, 2.24) is 0 Å². The summed E-state index contributed by atoms with van der Waals surface area (Å²) in [5, 5.41) is 1.85. The number of thiophene rings is 1. The third-order valence-corrected chi connectivity index (χ3v) is 6.05. The fourth-order valence-corrected chi connectivity index (χ4v) is 4.77. The fraction of sp³-hybridized carbons (Fsp3) is 0.556. The Kier molecular flexibility index (Phi) is 4.48. The molecule has 0 aliphatic carbocycles. The van der Waals surface area contributed by atoms with Crippen LogP contribution >= 0.6 is 11.3 Å². The van der Waals surface area contributed by atoms with E-state index in [1.54, 1.807) is 11.3 Å². The minimum absolute atomic E-state index is 0.00464. The van der Waals surface area contributed by atoms with Crippen molar-refractivity contribution >= 4 is 32.0 Å². The highest BCUT2D eigenvalue weighted by Crippen LogP contribution is 2.23. The largest absolute Gasteiger partial charge is 0.259 e. The van der Waals surface area contributed by atoms with Gasteiger partial charge in [0, 0.05) is 27.7 Å². The van der Waals surface area contributed by atoms with Crippen LogP contribution in [0, 0.1) is 0 Å². The lowest BCUT2D eigenvalue weighted by atomic mass is 10.4. The molecule has 15 heavy (non-hydrogen) atoms. The predicted octanol–water partition coefficient (Wildman–Crippen LogP) is 1.60. The van der Waals surface area contributed by atoms with Gasteiger partial charge in [-0.3, -0.25) is 4.21 Å². The Hall–Kier alpha value is -0.200. The first kappa shape index (κ1) is 12.9. The smallest absolute Gasteiger partial charge is 0.148 e. The van der Waals surface area contributed by atoms with Gasteiger partial charge < -0.3 is 0 Å². The molecule has 1 rings (SSSR count). The predicted molar refractivity (Wildman–Crippen MR) is 65.5 cm³/mol. The van der Waals surface area contributed by atoms with Gasteiger partial charge in [-0.15, -0.1) is 11.3 Å². The van der Waals surface area contributed by atoms with Crippen molar-refractivity contribution in [3.63, 3.8) is 0 Å². The molecule has 0 aliphatic heterocycles. The van der Waals surface area contributed by atoms with Gasteiger partial charge in [0.15, 0.2) is 0 Å². The number of rotatable bonds is 5. The molecular formula is C9H14O3S3. The Morgan fingerprint density at radius 3 is 2.67 bits per heavy atom. The Balaban J connectivity index is 2.55. The van der Waals surface area contributed by atoms with E-state index in [2.05, 4.69) is 0 Å². The van der Waals surface area contributed by atoms with E-state index in [0.717, 1.165) is 4.88 Å². The highest BCUT2D eigenvalue weighted by molar-refractivity contribution is 7.92. The van der Waals surface area contributed by atoms with Gasteiger partial charge in [0.05, 0.1) is 11.0 Å². The van der Waals surface area contributed by atoms with E-state index in [1.165, 1.54) is 6.26 Å². The molecule has 1 heterocycles. The van der Waals surface area contributed by atoms with E-state index in [4.69, 9.17) is 0 Å². The first-order valence-electron chi connectivity index (χ1n) is 4.48. The lowest BCUT2D eigenvalue weighted by Crippen LogP contribution is -2.14. The molecule has 0 bridgehead atoms. The zero-order valence-electron chi connectivity index (χ0n) is 8.67. The summed E-state index contributed by atoms with van der Waals surface area (Å²) < 4.78 is 33.6. The molecular weight excluding hydrogens is 252 g/mol. The van der Waals surface area contributed by atoms with Crippen molar-refractivity contribution in [2.75, 3.05) is 17.8 Å². The van der Waals surface area contributed by atoms with E-state index < -0.39 is 20.6 Å². The standard InChI is InChI=1S/C9H14O3S3/c1-8(9-4-3-5-13-9)14(10)6-7-15(2,11)12/h3-5,8H,6-7H2,1-2H3/t8-,14+/m1/s1. The second kappa shape index (κ2) is 5.23. The van der Waals surface area contributed by atoms with E-state index in [9.17, 15) is 12.6 Å². The molecule has 0 unspecified atom stereocenters. The third-order valence-electron chi connectivity index (χ3n) is 1.99. The summed E-state index contributed by atoms with van der Waals surface area (Å²) in [5.41, 5.74) is 0. The van der Waals surface area contributed by atoms with Gasteiger partial charge in [0.1, 0.15) is 9.84 Å². The van der Waals surface area contributed by atoms with E-state index in [1.807, 2.05) is 24.4 Å². The molecule has 0 saturated heterocycles. The summed E-state index contributed by atoms with van der Waals surface area (Å²) in [4.78, 5) is 1.04. The quantitative estimate of drug-likeness (QED) is 0.813. The maximum Gasteiger partial charge on any atom is 0.148 e. The highest BCUT2D eigenvalue weighted by atomic mass is 32.2. The van der Waals surface area contributed by atoms with Gasteiger partial charge in [-0.1, -0.05) is 6.07 Å². The van der Waals surface area contributed by atoms with Crippen molar-refractivity contribution in [2.24, 2.45) is 0 Å². The summed E-state index contributed by atoms with van der Waals surface area (Å²) in [6, 6.07) is 3.83. The maximum absolute atomic E-state index is 11.7. The molecule has 0 amide bonds. The molecule has 86 valence electrons. The van der Waals surface area contributed by atoms with Gasteiger partial charge in [-0.05, 0) is 18.4 Å². The van der Waals surface area contributed by atoms with Gasteiger partial charge in [0.25, 0.3) is 0 Å². The van der Waals surface area contributed by atoms with E-state index in [-0.39, 0.29) is 16.8 Å². The first-order valence-corrected chi connectivity index (χ1v) is 8.80. The molecule has 3 nitrogen and oxygen atoms in total. The summed E-state index contributed by atoms with van der Waals surface area (Å²) in [5.74, 6) is 0.216. The maximum atomic E-state index is 11.7. The zero-order valence-corrected chi connectivity index (χ0v) is 11.1. The average molecular weight is 266 g/mol. The van der Waals surface area contributed by atoms with Crippen LogP contribution < -0.4 is 0 Å². The Morgan fingerprint density at radius 1 is 1.53 bits per heavy atom. The third kappa shape index (κ3) is 4.44. The molecule has 0 saturated carbocycles.